The molecule has 0 aromatic carbocycles. The molecule has 0 amide bonds. The van der Waals surface area contributed by atoms with Gasteiger partial charge in [0.2, 0.25) is 0 Å². The third-order valence-electron chi connectivity index (χ3n) is 1.48. The van der Waals surface area contributed by atoms with Crippen LogP contribution in [0.2, 0.25) is 0 Å². The highest BCUT2D eigenvalue weighted by molar-refractivity contribution is 5.85. The predicted molar refractivity (Wildman–Crippen MR) is 46.4 cm³/mol. The van der Waals surface area contributed by atoms with Crippen LogP contribution in [-0.4, -0.2) is 57.7 Å². The minimum Gasteiger partial charge on any atom is -0.394 e. The number of hydrogen-bond acceptors (Lipinski definition) is 6. The first-order valence-electron chi connectivity index (χ1n) is 3.40. The zero-order valence-corrected chi connectivity index (χ0v) is 7.59. The Hall–Kier alpha value is -0.240. The van der Waals surface area contributed by atoms with E-state index in [9.17, 15) is 4.79 Å². The van der Waals surface area contributed by atoms with Crippen molar-refractivity contribution in [1.82, 2.24) is 0 Å². The summed E-state index contributed by atoms with van der Waals surface area (Å²) in [7, 11) is 0. The molecular weight excluding hydrogens is 204 g/mol. The van der Waals surface area contributed by atoms with Crippen molar-refractivity contribution in [1.29, 1.82) is 0 Å². The van der Waals surface area contributed by atoms with E-state index < -0.39 is 31.0 Å². The number of rotatable bonds is 5. The molecule has 6 N–H and O–H groups in total. The van der Waals surface area contributed by atoms with Gasteiger partial charge in [-0.05, 0) is 0 Å². The highest BCUT2D eigenvalue weighted by atomic mass is 35.5. The second-order valence-corrected chi connectivity index (χ2v) is 2.44. The minimum absolute atomic E-state index is 0. The van der Waals surface area contributed by atoms with Crippen molar-refractivity contribution in [3.63, 3.8) is 0 Å². The Morgan fingerprint density at radius 1 is 1.23 bits per heavy atom. The molecule has 0 rings (SSSR count). The number of carbonyl (C=O) groups is 1. The van der Waals surface area contributed by atoms with E-state index in [1.54, 1.807) is 0 Å². The van der Waals surface area contributed by atoms with Gasteiger partial charge in [0, 0.05) is 0 Å². The number of carbonyl (C=O) groups excluding carboxylic acids is 1. The second kappa shape index (κ2) is 7.19. The predicted octanol–water partition coefficient (Wildman–Crippen LogP) is -2.99. The van der Waals surface area contributed by atoms with Gasteiger partial charge in [0.25, 0.3) is 0 Å². The van der Waals surface area contributed by atoms with Gasteiger partial charge in [0.15, 0.2) is 0 Å². The van der Waals surface area contributed by atoms with Crippen molar-refractivity contribution in [3.05, 3.63) is 0 Å². The normalized spacial score (nSPS) is 19.5. The smallest absolute Gasteiger partial charge is 0.139 e. The van der Waals surface area contributed by atoms with Gasteiger partial charge in [-0.2, -0.15) is 0 Å². The van der Waals surface area contributed by atoms with E-state index in [-0.39, 0.29) is 18.7 Å². The van der Waals surface area contributed by atoms with Gasteiger partial charge in [-0.3, -0.25) is 0 Å². The second-order valence-electron chi connectivity index (χ2n) is 2.44. The first kappa shape index (κ1) is 15.2. The number of aliphatic hydroxyl groups excluding tert-OH is 4. The fourth-order valence-corrected chi connectivity index (χ4v) is 0.644. The van der Waals surface area contributed by atoms with Gasteiger partial charge in [0.05, 0.1) is 12.6 Å². The third kappa shape index (κ3) is 4.51. The average molecular weight is 218 g/mol. The molecule has 0 spiro atoms. The Bertz CT molecular complexity index is 147. The Balaban J connectivity index is 0. The molecule has 0 fully saturated rings. The molecule has 0 aliphatic rings. The highest BCUT2D eigenvalue weighted by Gasteiger charge is 2.28. The Kier molecular flexibility index (Phi) is 8.43. The van der Waals surface area contributed by atoms with E-state index in [0.717, 1.165) is 0 Å². The zero-order valence-electron chi connectivity index (χ0n) is 6.78. The van der Waals surface area contributed by atoms with Crippen LogP contribution in [0.4, 0.5) is 0 Å². The summed E-state index contributed by atoms with van der Waals surface area (Å²) >= 11 is 0. The van der Waals surface area contributed by atoms with E-state index in [2.05, 4.69) is 0 Å². The summed E-state index contributed by atoms with van der Waals surface area (Å²) in [6, 6.07) is -1.26. The summed E-state index contributed by atoms with van der Waals surface area (Å²) in [4.78, 5) is 10.0. The maximum Gasteiger partial charge on any atom is 0.139 e. The Morgan fingerprint density at radius 2 is 1.69 bits per heavy atom. The lowest BCUT2D eigenvalue weighted by Gasteiger charge is -2.23. The Labute approximate surface area is 81.4 Å². The number of halogens is 1. The molecule has 0 aromatic heterocycles. The van der Waals surface area contributed by atoms with Crippen LogP contribution in [0.1, 0.15) is 0 Å². The van der Waals surface area contributed by atoms with Crippen LogP contribution >= 0.6 is 12.4 Å². The van der Waals surface area contributed by atoms with Crippen LogP contribution in [0.3, 0.4) is 0 Å². The molecular formula is C6H14ClNO5. The molecule has 0 bridgehead atoms. The van der Waals surface area contributed by atoms with Crippen molar-refractivity contribution in [2.24, 2.45) is 5.73 Å². The molecule has 0 aromatic rings. The molecule has 0 radical (unpaired) electrons. The van der Waals surface area contributed by atoms with Gasteiger partial charge >= 0.3 is 0 Å². The molecule has 0 aliphatic heterocycles. The molecule has 4 atom stereocenters. The van der Waals surface area contributed by atoms with Crippen LogP contribution in [0.15, 0.2) is 0 Å². The molecule has 6 nitrogen and oxygen atoms in total. The summed E-state index contributed by atoms with van der Waals surface area (Å²) in [5, 5.41) is 35.2. The van der Waals surface area contributed by atoms with Crippen LogP contribution < -0.4 is 5.73 Å². The zero-order chi connectivity index (χ0) is 9.72. The van der Waals surface area contributed by atoms with E-state index >= 15 is 0 Å². The summed E-state index contributed by atoms with van der Waals surface area (Å²) in [5.74, 6) is 0. The van der Waals surface area contributed by atoms with Crippen LogP contribution in [-0.2, 0) is 4.79 Å². The summed E-state index contributed by atoms with van der Waals surface area (Å²) in [6.45, 7) is -0.705. The molecule has 0 aliphatic carbocycles. The molecule has 7 heteroatoms. The maximum absolute atomic E-state index is 10.0. The van der Waals surface area contributed by atoms with Gasteiger partial charge in [-0.25, -0.2) is 0 Å². The van der Waals surface area contributed by atoms with Crippen LogP contribution in [0.5, 0.6) is 0 Å². The number of hydrogen-bond donors (Lipinski definition) is 5. The lowest BCUT2D eigenvalue weighted by atomic mass is 10.1. The van der Waals surface area contributed by atoms with Crippen molar-refractivity contribution >= 4 is 18.7 Å². The first-order chi connectivity index (χ1) is 5.54. The maximum atomic E-state index is 10.0. The standard InChI is InChI=1S/C6H13NO5.ClH/c7-3(1-8)5(11)6(12)4(10)2-9;/h1,3-6,9-12H,2,7H2;1H/t3-,4+,5+,6+;/m0./s1/i1+2;. The minimum atomic E-state index is -1.62. The highest BCUT2D eigenvalue weighted by Crippen LogP contribution is 2.01. The molecule has 0 heterocycles. The van der Waals surface area contributed by atoms with Gasteiger partial charge in [-0.1, -0.05) is 0 Å². The van der Waals surface area contributed by atoms with Crippen molar-refractivity contribution in [2.75, 3.05) is 6.61 Å². The summed E-state index contributed by atoms with van der Waals surface area (Å²) in [5.41, 5.74) is 5.04. The van der Waals surface area contributed by atoms with E-state index in [1.165, 1.54) is 0 Å². The SMILES string of the molecule is Cl.N[C@@H]([14CH]=O)[C@@H](O)[C@H](O)[C@H](O)CO. The summed E-state index contributed by atoms with van der Waals surface area (Å²) in [6.07, 6.45) is -4.43. The van der Waals surface area contributed by atoms with Crippen LogP contribution in [0.25, 0.3) is 0 Å². The quantitative estimate of drug-likeness (QED) is 0.313. The van der Waals surface area contributed by atoms with Gasteiger partial charge in [0.1, 0.15) is 24.6 Å². The summed E-state index contributed by atoms with van der Waals surface area (Å²) < 4.78 is 0. The average Bonchev–Trinajstić information content (AvgIpc) is 2.12. The topological polar surface area (TPSA) is 124 Å². The fraction of sp³-hybridized carbons (Fsp3) is 0.833. The van der Waals surface area contributed by atoms with Crippen molar-refractivity contribution in [2.45, 2.75) is 24.4 Å². The van der Waals surface area contributed by atoms with Crippen LogP contribution in [0, 0.1) is 0 Å². The van der Waals surface area contributed by atoms with Crippen molar-refractivity contribution < 1.29 is 25.2 Å². The number of aldehydes is 1. The largest absolute Gasteiger partial charge is 0.394 e. The molecule has 0 unspecified atom stereocenters. The third-order valence-corrected chi connectivity index (χ3v) is 1.48. The van der Waals surface area contributed by atoms with Gasteiger partial charge < -0.3 is 31.0 Å². The van der Waals surface area contributed by atoms with E-state index in [1.807, 2.05) is 0 Å². The van der Waals surface area contributed by atoms with E-state index in [0.29, 0.717) is 0 Å². The lowest BCUT2D eigenvalue weighted by molar-refractivity contribution is -0.118. The molecule has 13 heavy (non-hydrogen) atoms. The number of nitrogens with two attached hydrogens (primary N) is 1. The lowest BCUT2D eigenvalue weighted by Crippen LogP contribution is -2.49. The molecule has 0 saturated carbocycles. The fourth-order valence-electron chi connectivity index (χ4n) is 0.644. The van der Waals surface area contributed by atoms with Gasteiger partial charge in [-0.15, -0.1) is 12.4 Å². The Morgan fingerprint density at radius 3 is 2.00 bits per heavy atom. The number of aliphatic hydroxyl groups is 4. The molecule has 0 saturated heterocycles. The monoisotopic (exact) mass is 217 g/mol. The van der Waals surface area contributed by atoms with E-state index in [4.69, 9.17) is 26.2 Å². The van der Waals surface area contributed by atoms with Crippen molar-refractivity contribution in [3.8, 4) is 0 Å². The molecule has 80 valence electrons. The first-order valence-corrected chi connectivity index (χ1v) is 3.40.